The predicted octanol–water partition coefficient (Wildman–Crippen LogP) is 5.61. The maximum atomic E-state index is 15.9. The summed E-state index contributed by atoms with van der Waals surface area (Å²) >= 11 is 1.74. The van der Waals surface area contributed by atoms with Gasteiger partial charge in [0.05, 0.1) is 10.8 Å². The molecule has 4 heterocycles. The van der Waals surface area contributed by atoms with Gasteiger partial charge in [-0.15, -0.1) is 11.8 Å². The molecule has 1 aliphatic carbocycles. The number of Topliss-reactive ketones (excluding diaryl/α,β-unsaturated/α-hetero) is 1. The molecule has 0 aromatic heterocycles. The molecule has 6 atom stereocenters. The van der Waals surface area contributed by atoms with Crippen LogP contribution in [0, 0.1) is 17.0 Å². The monoisotopic (exact) mass is 564 g/mol. The van der Waals surface area contributed by atoms with Gasteiger partial charge in [0.25, 0.3) is 0 Å². The summed E-state index contributed by atoms with van der Waals surface area (Å²) < 4.78 is 30.8. The van der Waals surface area contributed by atoms with Gasteiger partial charge < -0.3 is 5.11 Å². The van der Waals surface area contributed by atoms with Crippen LogP contribution in [0.25, 0.3) is 16.8 Å². The molecule has 2 bridgehead atoms. The molecule has 1 N–H and O–H groups in total. The van der Waals surface area contributed by atoms with E-state index in [1.165, 1.54) is 12.1 Å². The number of hydrogen-bond donors (Lipinski definition) is 1. The van der Waals surface area contributed by atoms with Gasteiger partial charge in [0.15, 0.2) is 11.5 Å². The quantitative estimate of drug-likeness (QED) is 0.321. The normalized spacial score (nSPS) is 35.7. The van der Waals surface area contributed by atoms with Gasteiger partial charge in [-0.25, -0.2) is 8.78 Å². The molecule has 41 heavy (non-hydrogen) atoms. The first-order chi connectivity index (χ1) is 19.9. The molecule has 5 aliphatic rings. The Labute approximate surface area is 240 Å². The van der Waals surface area contributed by atoms with Crippen molar-refractivity contribution >= 4 is 34.4 Å². The number of nitrogens with zero attached hydrogens (tertiary/aromatic N) is 2. The van der Waals surface area contributed by atoms with Crippen LogP contribution in [0.4, 0.5) is 8.78 Å². The van der Waals surface area contributed by atoms with E-state index in [1.807, 2.05) is 41.3 Å². The molecule has 0 radical (unpaired) electrons. The highest BCUT2D eigenvalue weighted by Crippen LogP contribution is 2.79. The molecule has 0 amide bonds. The average molecular weight is 565 g/mol. The third kappa shape index (κ3) is 2.54. The number of carbonyl (C=O) groups excluding carboxylic acids is 1. The lowest BCUT2D eigenvalue weighted by Crippen LogP contribution is -2.61. The molecule has 1 unspecified atom stereocenters. The Bertz CT molecular complexity index is 1850. The van der Waals surface area contributed by atoms with Gasteiger partial charge in [0, 0.05) is 48.0 Å². The smallest absolute Gasteiger partial charge is 0.170 e. The van der Waals surface area contributed by atoms with E-state index in [0.29, 0.717) is 23.2 Å². The van der Waals surface area contributed by atoms with Crippen LogP contribution < -0.4 is 0 Å². The zero-order chi connectivity index (χ0) is 27.7. The summed E-state index contributed by atoms with van der Waals surface area (Å²) in [6.45, 7) is 1.13. The van der Waals surface area contributed by atoms with Crippen LogP contribution in [0.2, 0.25) is 0 Å². The first-order valence-electron chi connectivity index (χ1n) is 14.1. The Morgan fingerprint density at radius 1 is 0.902 bits per heavy atom. The van der Waals surface area contributed by atoms with Crippen LogP contribution in [0.5, 0.6) is 0 Å². The number of thioether (sulfide) groups is 1. The van der Waals surface area contributed by atoms with Crippen LogP contribution >= 0.6 is 11.8 Å². The van der Waals surface area contributed by atoms with Crippen LogP contribution in [0.3, 0.4) is 0 Å². The standard InChI is InChI=1S/C34H26F2N2O2S/c35-26-13-3-1-7-21(26)17-22-18-37-19-32(30(22)39)29(23-10-2-4-14-27(23)36)31-38(15-16-41-31)33(32)24-11-5-8-20-9-6-12-25(28(20)24)34(33,37)40/h1-14,17,29,31,40H,15-16,18-19H2/b22-17+/t29-,31-,32-,33+,34+/m1/s1. The van der Waals surface area contributed by atoms with Crippen molar-refractivity contribution in [3.8, 4) is 0 Å². The molecule has 9 rings (SSSR count). The second kappa shape index (κ2) is 7.92. The fourth-order valence-corrected chi connectivity index (χ4v) is 10.8. The maximum absolute atomic E-state index is 15.9. The Morgan fingerprint density at radius 2 is 1.63 bits per heavy atom. The lowest BCUT2D eigenvalue weighted by atomic mass is 9.57. The fourth-order valence-electron chi connectivity index (χ4n) is 9.25. The minimum Gasteiger partial charge on any atom is -0.369 e. The van der Waals surface area contributed by atoms with Gasteiger partial charge in [-0.05, 0) is 40.1 Å². The van der Waals surface area contributed by atoms with Crippen LogP contribution in [0.15, 0.2) is 90.5 Å². The van der Waals surface area contributed by atoms with Crippen LogP contribution in [-0.4, -0.2) is 51.5 Å². The third-order valence-corrected chi connectivity index (χ3v) is 11.7. The van der Waals surface area contributed by atoms with Crippen molar-refractivity contribution in [3.05, 3.63) is 124 Å². The highest BCUT2D eigenvalue weighted by molar-refractivity contribution is 8.00. The van der Waals surface area contributed by atoms with Crippen LogP contribution in [-0.2, 0) is 16.1 Å². The Morgan fingerprint density at radius 3 is 2.41 bits per heavy atom. The summed E-state index contributed by atoms with van der Waals surface area (Å²) in [5.74, 6) is -0.572. The van der Waals surface area contributed by atoms with E-state index in [-0.39, 0.29) is 30.1 Å². The zero-order valence-electron chi connectivity index (χ0n) is 22.1. The number of piperidine rings is 1. The second-order valence-corrected chi connectivity index (χ2v) is 13.1. The number of benzene rings is 4. The SMILES string of the molecule is O=C1/C(=C/c2ccccc2F)CN2C[C@@]13[C@H](c1ccccc1F)[C@H]1SCCN1[C@@]31c3cccc4cccc(c34)[C@@]21O. The predicted molar refractivity (Wildman–Crippen MR) is 155 cm³/mol. The number of hydrogen-bond acceptors (Lipinski definition) is 5. The number of aliphatic hydroxyl groups is 1. The summed E-state index contributed by atoms with van der Waals surface area (Å²) in [6, 6.07) is 25.3. The van der Waals surface area contributed by atoms with E-state index in [4.69, 9.17) is 0 Å². The van der Waals surface area contributed by atoms with E-state index in [1.54, 1.807) is 48.2 Å². The highest BCUT2D eigenvalue weighted by Gasteiger charge is 2.87. The molecular weight excluding hydrogens is 538 g/mol. The molecule has 4 aliphatic heterocycles. The lowest BCUT2D eigenvalue weighted by molar-refractivity contribution is -0.172. The first kappa shape index (κ1) is 24.3. The third-order valence-electron chi connectivity index (χ3n) is 10.4. The summed E-state index contributed by atoms with van der Waals surface area (Å²) in [4.78, 5) is 19.6. The summed E-state index contributed by atoms with van der Waals surface area (Å²) in [6.07, 6.45) is 1.64. The van der Waals surface area contributed by atoms with Crippen molar-refractivity contribution < 1.29 is 18.7 Å². The molecule has 4 saturated heterocycles. The largest absolute Gasteiger partial charge is 0.369 e. The average Bonchev–Trinajstić information content (AvgIpc) is 3.65. The van der Waals surface area contributed by atoms with Crippen molar-refractivity contribution in [1.29, 1.82) is 0 Å². The van der Waals surface area contributed by atoms with Gasteiger partial charge in [-0.2, -0.15) is 0 Å². The number of rotatable bonds is 2. The lowest BCUT2D eigenvalue weighted by Gasteiger charge is -2.48. The van der Waals surface area contributed by atoms with Crippen molar-refractivity contribution in [2.45, 2.75) is 22.6 Å². The number of carbonyl (C=O) groups is 1. The second-order valence-electron chi connectivity index (χ2n) is 11.9. The van der Waals surface area contributed by atoms with Crippen molar-refractivity contribution in [2.24, 2.45) is 5.41 Å². The van der Waals surface area contributed by atoms with Gasteiger partial charge in [0.2, 0.25) is 0 Å². The number of halogens is 2. The van der Waals surface area contributed by atoms with E-state index < -0.39 is 28.4 Å². The van der Waals surface area contributed by atoms with E-state index in [2.05, 4.69) is 11.0 Å². The molecule has 4 nitrogen and oxygen atoms in total. The van der Waals surface area contributed by atoms with Gasteiger partial charge >= 0.3 is 0 Å². The maximum Gasteiger partial charge on any atom is 0.170 e. The van der Waals surface area contributed by atoms with Crippen LogP contribution in [0.1, 0.15) is 28.2 Å². The first-order valence-corrected chi connectivity index (χ1v) is 15.1. The zero-order valence-corrected chi connectivity index (χ0v) is 22.9. The van der Waals surface area contributed by atoms with Crippen molar-refractivity contribution in [2.75, 3.05) is 25.4 Å². The minimum absolute atomic E-state index is 0.124. The van der Waals surface area contributed by atoms with Gasteiger partial charge in [0.1, 0.15) is 17.2 Å². The highest BCUT2D eigenvalue weighted by atomic mass is 32.2. The minimum atomic E-state index is -1.53. The van der Waals surface area contributed by atoms with E-state index in [9.17, 15) is 9.50 Å². The Balaban J connectivity index is 1.41. The molecule has 4 aromatic carbocycles. The van der Waals surface area contributed by atoms with Crippen molar-refractivity contribution in [1.82, 2.24) is 9.80 Å². The fraction of sp³-hybridized carbons (Fsp3) is 0.265. The topological polar surface area (TPSA) is 43.8 Å². The van der Waals surface area contributed by atoms with E-state index >= 15 is 9.18 Å². The van der Waals surface area contributed by atoms with Crippen molar-refractivity contribution in [3.63, 3.8) is 0 Å². The van der Waals surface area contributed by atoms with Gasteiger partial charge in [-0.3, -0.25) is 14.6 Å². The number of ketones is 1. The molecule has 7 heteroatoms. The molecule has 0 saturated carbocycles. The van der Waals surface area contributed by atoms with E-state index in [0.717, 1.165) is 27.7 Å². The summed E-state index contributed by atoms with van der Waals surface area (Å²) in [5, 5.41) is 15.1. The molecule has 4 aromatic rings. The molecule has 4 fully saturated rings. The summed E-state index contributed by atoms with van der Waals surface area (Å²) in [5.41, 5.74) is -0.864. The number of fused-ring (bicyclic) bond motifs is 4. The molecular formula is C34H26F2N2O2S. The molecule has 204 valence electrons. The summed E-state index contributed by atoms with van der Waals surface area (Å²) in [7, 11) is 0. The van der Waals surface area contributed by atoms with Gasteiger partial charge in [-0.1, -0.05) is 72.8 Å². The Kier molecular flexibility index (Phi) is 4.69. The molecule has 2 spiro atoms. The Hall–Kier alpha value is -3.36.